The zero-order chi connectivity index (χ0) is 19.6. The summed E-state index contributed by atoms with van der Waals surface area (Å²) in [7, 11) is 0. The number of rotatable bonds is 3. The maximum Gasteiger partial charge on any atom is 0.339 e. The molecule has 0 aliphatic carbocycles. The van der Waals surface area contributed by atoms with E-state index >= 15 is 0 Å². The Morgan fingerprint density at radius 2 is 1.48 bits per heavy atom. The fraction of sp³-hybridized carbons (Fsp3) is 0.182. The SMILES string of the molecule is CC(C)(C)OC(=O)c1cccc2cccc(C(=O)Nc3ccc(Br)cc3)c12. The molecule has 0 aliphatic rings. The molecule has 3 aromatic rings. The topological polar surface area (TPSA) is 55.4 Å². The number of fused-ring (bicyclic) bond motifs is 1. The minimum atomic E-state index is -0.617. The highest BCUT2D eigenvalue weighted by atomic mass is 79.9. The van der Waals surface area contributed by atoms with Crippen LogP contribution in [0.4, 0.5) is 5.69 Å². The summed E-state index contributed by atoms with van der Waals surface area (Å²) in [6.45, 7) is 5.45. The molecule has 0 fully saturated rings. The number of hydrogen-bond acceptors (Lipinski definition) is 3. The molecule has 3 rings (SSSR count). The Bertz CT molecular complexity index is 999. The third kappa shape index (κ3) is 4.55. The molecule has 0 unspecified atom stereocenters. The Hall–Kier alpha value is -2.66. The summed E-state index contributed by atoms with van der Waals surface area (Å²) in [4.78, 5) is 25.6. The Kier molecular flexibility index (Phi) is 5.33. The molecule has 0 radical (unpaired) electrons. The van der Waals surface area contributed by atoms with Crippen LogP contribution in [0.25, 0.3) is 10.8 Å². The van der Waals surface area contributed by atoms with Gasteiger partial charge in [-0.05, 0) is 62.6 Å². The molecule has 0 saturated heterocycles. The molecule has 0 aromatic heterocycles. The average Bonchev–Trinajstić information content (AvgIpc) is 2.61. The fourth-order valence-electron chi connectivity index (χ4n) is 2.77. The van der Waals surface area contributed by atoms with Crippen molar-refractivity contribution in [2.45, 2.75) is 26.4 Å². The molecule has 5 heteroatoms. The van der Waals surface area contributed by atoms with Gasteiger partial charge in [0, 0.05) is 21.1 Å². The molecule has 3 aromatic carbocycles. The third-order valence-corrected chi connectivity index (χ3v) is 4.40. The molecule has 0 aliphatic heterocycles. The fourth-order valence-corrected chi connectivity index (χ4v) is 3.03. The van der Waals surface area contributed by atoms with Crippen LogP contribution in [0.15, 0.2) is 65.1 Å². The van der Waals surface area contributed by atoms with Gasteiger partial charge in [0.2, 0.25) is 0 Å². The van der Waals surface area contributed by atoms with Crippen molar-refractivity contribution >= 4 is 44.3 Å². The summed E-state index contributed by atoms with van der Waals surface area (Å²) in [6.07, 6.45) is 0. The van der Waals surface area contributed by atoms with Crippen molar-refractivity contribution in [2.75, 3.05) is 5.32 Å². The van der Waals surface area contributed by atoms with E-state index in [1.165, 1.54) is 0 Å². The first-order chi connectivity index (χ1) is 12.7. The minimum absolute atomic E-state index is 0.279. The van der Waals surface area contributed by atoms with Crippen LogP contribution in [-0.2, 0) is 4.74 Å². The Morgan fingerprint density at radius 1 is 0.889 bits per heavy atom. The van der Waals surface area contributed by atoms with Gasteiger partial charge in [0.05, 0.1) is 5.56 Å². The maximum atomic E-state index is 12.9. The van der Waals surface area contributed by atoms with E-state index in [-0.39, 0.29) is 5.91 Å². The molecule has 0 bridgehead atoms. The molecule has 1 N–H and O–H groups in total. The van der Waals surface area contributed by atoms with E-state index in [1.54, 1.807) is 24.3 Å². The molecule has 138 valence electrons. The number of amides is 1. The molecule has 27 heavy (non-hydrogen) atoms. The van der Waals surface area contributed by atoms with E-state index in [1.807, 2.05) is 57.2 Å². The van der Waals surface area contributed by atoms with Gasteiger partial charge < -0.3 is 10.1 Å². The molecule has 0 atom stereocenters. The second kappa shape index (κ2) is 7.53. The largest absolute Gasteiger partial charge is 0.456 e. The van der Waals surface area contributed by atoms with E-state index in [0.29, 0.717) is 22.2 Å². The normalized spacial score (nSPS) is 11.3. The lowest BCUT2D eigenvalue weighted by Crippen LogP contribution is -2.24. The van der Waals surface area contributed by atoms with E-state index < -0.39 is 11.6 Å². The van der Waals surface area contributed by atoms with Crippen molar-refractivity contribution in [3.63, 3.8) is 0 Å². The van der Waals surface area contributed by atoms with Crippen LogP contribution < -0.4 is 5.32 Å². The second-order valence-corrected chi connectivity index (χ2v) is 8.09. The maximum absolute atomic E-state index is 12.9. The van der Waals surface area contributed by atoms with E-state index in [4.69, 9.17) is 4.74 Å². The van der Waals surface area contributed by atoms with Gasteiger partial charge in [0.1, 0.15) is 5.60 Å². The van der Waals surface area contributed by atoms with E-state index in [2.05, 4.69) is 21.2 Å². The predicted molar refractivity (Wildman–Crippen MR) is 111 cm³/mol. The van der Waals surface area contributed by atoms with Gasteiger partial charge in [-0.25, -0.2) is 4.79 Å². The van der Waals surface area contributed by atoms with E-state index in [0.717, 1.165) is 9.86 Å². The highest BCUT2D eigenvalue weighted by Gasteiger charge is 2.22. The zero-order valence-corrected chi connectivity index (χ0v) is 17.0. The van der Waals surface area contributed by atoms with Crippen LogP contribution in [0.1, 0.15) is 41.5 Å². The first-order valence-electron chi connectivity index (χ1n) is 8.56. The van der Waals surface area contributed by atoms with Crippen molar-refractivity contribution in [1.82, 2.24) is 0 Å². The smallest absolute Gasteiger partial charge is 0.339 e. The number of esters is 1. The summed E-state index contributed by atoms with van der Waals surface area (Å²) < 4.78 is 6.45. The molecule has 4 nitrogen and oxygen atoms in total. The van der Waals surface area contributed by atoms with E-state index in [9.17, 15) is 9.59 Å². The summed E-state index contributed by atoms with van der Waals surface area (Å²) in [5.41, 5.74) is 0.865. The predicted octanol–water partition coefficient (Wildman–Crippen LogP) is 5.81. The Morgan fingerprint density at radius 3 is 2.07 bits per heavy atom. The van der Waals surface area contributed by atoms with Crippen LogP contribution >= 0.6 is 15.9 Å². The van der Waals surface area contributed by atoms with Crippen LogP contribution in [-0.4, -0.2) is 17.5 Å². The summed E-state index contributed by atoms with van der Waals surface area (Å²) in [6, 6.07) is 18.1. The second-order valence-electron chi connectivity index (χ2n) is 7.17. The molecule has 0 spiro atoms. The highest BCUT2D eigenvalue weighted by molar-refractivity contribution is 9.10. The quantitative estimate of drug-likeness (QED) is 0.538. The average molecular weight is 426 g/mol. The lowest BCUT2D eigenvalue weighted by Gasteiger charge is -2.20. The van der Waals surface area contributed by atoms with Gasteiger partial charge in [0.25, 0.3) is 5.91 Å². The zero-order valence-electron chi connectivity index (χ0n) is 15.4. The number of carbonyl (C=O) groups is 2. The van der Waals surface area contributed by atoms with Crippen molar-refractivity contribution in [2.24, 2.45) is 0 Å². The van der Waals surface area contributed by atoms with Crippen LogP contribution in [0.3, 0.4) is 0 Å². The molecular weight excluding hydrogens is 406 g/mol. The molecule has 1 amide bonds. The van der Waals surface area contributed by atoms with Crippen molar-refractivity contribution < 1.29 is 14.3 Å². The Labute approximate surface area is 166 Å². The number of benzene rings is 3. The number of ether oxygens (including phenoxy) is 1. The lowest BCUT2D eigenvalue weighted by molar-refractivity contribution is 0.00718. The van der Waals surface area contributed by atoms with Crippen molar-refractivity contribution in [3.05, 3.63) is 76.3 Å². The van der Waals surface area contributed by atoms with Gasteiger partial charge in [-0.2, -0.15) is 0 Å². The monoisotopic (exact) mass is 425 g/mol. The van der Waals surface area contributed by atoms with Crippen molar-refractivity contribution in [1.29, 1.82) is 0 Å². The lowest BCUT2D eigenvalue weighted by atomic mass is 9.98. The number of anilines is 1. The standard InChI is InChI=1S/C22H20BrNO3/c1-22(2,3)27-21(26)18-9-5-7-14-6-4-8-17(19(14)18)20(25)24-16-12-10-15(23)11-13-16/h4-13H,1-3H3,(H,24,25). The number of carbonyl (C=O) groups excluding carboxylic acids is 2. The minimum Gasteiger partial charge on any atom is -0.456 e. The first-order valence-corrected chi connectivity index (χ1v) is 9.36. The van der Waals surface area contributed by atoms with Gasteiger partial charge in [-0.1, -0.05) is 40.2 Å². The van der Waals surface area contributed by atoms with Crippen LogP contribution in [0.5, 0.6) is 0 Å². The first kappa shape index (κ1) is 19.1. The van der Waals surface area contributed by atoms with Crippen molar-refractivity contribution in [3.8, 4) is 0 Å². The summed E-state index contributed by atoms with van der Waals surface area (Å²) in [5, 5.41) is 4.27. The number of hydrogen-bond donors (Lipinski definition) is 1. The number of nitrogens with one attached hydrogen (secondary N) is 1. The Balaban J connectivity index is 2.03. The highest BCUT2D eigenvalue weighted by Crippen LogP contribution is 2.26. The molecule has 0 heterocycles. The summed E-state index contributed by atoms with van der Waals surface area (Å²) in [5.74, 6) is -0.726. The number of halogens is 1. The molecule has 0 saturated carbocycles. The van der Waals surface area contributed by atoms with Gasteiger partial charge >= 0.3 is 5.97 Å². The molecular formula is C22H20BrNO3. The van der Waals surface area contributed by atoms with Gasteiger partial charge in [-0.15, -0.1) is 0 Å². The van der Waals surface area contributed by atoms with Crippen LogP contribution in [0, 0.1) is 0 Å². The third-order valence-electron chi connectivity index (χ3n) is 3.87. The van der Waals surface area contributed by atoms with Gasteiger partial charge in [-0.3, -0.25) is 4.79 Å². The van der Waals surface area contributed by atoms with Crippen LogP contribution in [0.2, 0.25) is 0 Å². The van der Waals surface area contributed by atoms with Gasteiger partial charge in [0.15, 0.2) is 0 Å². The summed E-state index contributed by atoms with van der Waals surface area (Å²) >= 11 is 3.37.